The summed E-state index contributed by atoms with van der Waals surface area (Å²) in [5.74, 6) is 0.144. The number of carbonyl (C=O) groups excluding carboxylic acids is 1. The summed E-state index contributed by atoms with van der Waals surface area (Å²) >= 11 is 1.86. The minimum Gasteiger partial charge on any atom is -0.380 e. The number of fused-ring (bicyclic) bond motifs is 1. The number of benzene rings is 3. The van der Waals surface area contributed by atoms with E-state index in [1.807, 2.05) is 43.0 Å². The second-order valence-corrected chi connectivity index (χ2v) is 11.5. The summed E-state index contributed by atoms with van der Waals surface area (Å²) in [4.78, 5) is 20.9. The Hall–Kier alpha value is -3.09. The quantitative estimate of drug-likeness (QED) is 0.227. The highest BCUT2D eigenvalue weighted by Gasteiger charge is 2.33. The van der Waals surface area contributed by atoms with Crippen LogP contribution >= 0.6 is 11.8 Å². The topological polar surface area (TPSA) is 47.4 Å². The van der Waals surface area contributed by atoms with Gasteiger partial charge in [-0.2, -0.15) is 0 Å². The van der Waals surface area contributed by atoms with Crippen molar-refractivity contribution in [2.45, 2.75) is 63.0 Å². The summed E-state index contributed by atoms with van der Waals surface area (Å²) in [6, 6.07) is 25.2. The van der Waals surface area contributed by atoms with Gasteiger partial charge in [0.2, 0.25) is 0 Å². The first kappa shape index (κ1) is 26.5. The van der Waals surface area contributed by atoms with Crippen molar-refractivity contribution in [1.82, 2.24) is 14.5 Å². The number of carbonyl (C=O) groups is 1. The van der Waals surface area contributed by atoms with Crippen molar-refractivity contribution < 1.29 is 9.53 Å². The molecular weight excluding hydrogens is 490 g/mol. The van der Waals surface area contributed by atoms with Gasteiger partial charge < -0.3 is 14.2 Å². The minimum absolute atomic E-state index is 0.137. The Labute approximate surface area is 230 Å². The lowest BCUT2D eigenvalue weighted by Gasteiger charge is -2.39. The lowest BCUT2D eigenvalue weighted by Crippen LogP contribution is -2.48. The summed E-state index contributed by atoms with van der Waals surface area (Å²) in [6.45, 7) is 9.07. The molecule has 38 heavy (non-hydrogen) atoms. The summed E-state index contributed by atoms with van der Waals surface area (Å²) in [7, 11) is 0. The molecule has 1 aliphatic heterocycles. The van der Waals surface area contributed by atoms with E-state index in [0.717, 1.165) is 65.2 Å². The maximum atomic E-state index is 13.8. The highest BCUT2D eigenvalue weighted by Crippen LogP contribution is 2.36. The van der Waals surface area contributed by atoms with E-state index in [1.54, 1.807) is 0 Å². The molecule has 1 aliphatic rings. The Morgan fingerprint density at radius 3 is 2.53 bits per heavy atom. The molecule has 2 atom stereocenters. The Morgan fingerprint density at radius 1 is 1.03 bits per heavy atom. The second kappa shape index (κ2) is 12.2. The molecule has 1 saturated heterocycles. The van der Waals surface area contributed by atoms with Crippen LogP contribution in [0.15, 0.2) is 78.0 Å². The zero-order valence-electron chi connectivity index (χ0n) is 22.6. The summed E-state index contributed by atoms with van der Waals surface area (Å²) in [5.41, 5.74) is 6.50. The molecule has 6 heteroatoms. The number of amides is 1. The van der Waals surface area contributed by atoms with Crippen molar-refractivity contribution in [2.75, 3.05) is 19.8 Å². The highest BCUT2D eigenvalue weighted by molar-refractivity contribution is 7.99. The number of aromatic nitrogens is 2. The number of likely N-dealkylation sites (tertiary alicyclic amines) is 1. The molecule has 5 nitrogen and oxygen atoms in total. The minimum atomic E-state index is 0.137. The molecule has 0 saturated carbocycles. The first-order chi connectivity index (χ1) is 18.5. The number of nitrogens with zero attached hydrogens (tertiary/aromatic N) is 3. The average Bonchev–Trinajstić information content (AvgIpc) is 3.25. The zero-order valence-corrected chi connectivity index (χ0v) is 23.4. The summed E-state index contributed by atoms with van der Waals surface area (Å²) in [6.07, 6.45) is 2.74. The average molecular weight is 528 g/mol. The lowest BCUT2D eigenvalue weighted by atomic mass is 9.94. The van der Waals surface area contributed by atoms with Gasteiger partial charge in [-0.05, 0) is 69.9 Å². The monoisotopic (exact) mass is 527 g/mol. The SMILES string of the molecule is CCOCCn1c(SC2CCN(C(=O)c3cc(C)cc(C)c3)C(Cc3ccccc3)C2)nc2ccccc21. The molecule has 1 fully saturated rings. The molecule has 0 radical (unpaired) electrons. The van der Waals surface area contributed by atoms with Crippen molar-refractivity contribution in [1.29, 1.82) is 0 Å². The normalized spacial score (nSPS) is 17.7. The van der Waals surface area contributed by atoms with Gasteiger partial charge in [-0.25, -0.2) is 4.98 Å². The van der Waals surface area contributed by atoms with Crippen molar-refractivity contribution in [3.8, 4) is 0 Å². The molecule has 2 heterocycles. The third-order valence-electron chi connectivity index (χ3n) is 7.27. The fraction of sp³-hybridized carbons (Fsp3) is 0.375. The number of rotatable bonds is 9. The van der Waals surface area contributed by atoms with Crippen LogP contribution in [0, 0.1) is 13.8 Å². The highest BCUT2D eigenvalue weighted by atomic mass is 32.2. The molecule has 2 unspecified atom stereocenters. The van der Waals surface area contributed by atoms with Gasteiger partial charge in [0, 0.05) is 36.6 Å². The number of hydrogen-bond acceptors (Lipinski definition) is 4. The standard InChI is InChI=1S/C32H37N3O2S/c1-4-37-17-16-35-30-13-9-8-12-29(30)33-32(35)38-28-14-15-34(27(22-28)21-25-10-6-5-7-11-25)31(36)26-19-23(2)18-24(3)20-26/h5-13,18-20,27-28H,4,14-17,21-22H2,1-3H3. The van der Waals surface area contributed by atoms with Gasteiger partial charge >= 0.3 is 0 Å². The zero-order chi connectivity index (χ0) is 26.5. The van der Waals surface area contributed by atoms with E-state index in [9.17, 15) is 4.79 Å². The molecule has 0 spiro atoms. The molecule has 0 aliphatic carbocycles. The van der Waals surface area contributed by atoms with E-state index in [1.165, 1.54) is 5.56 Å². The van der Waals surface area contributed by atoms with E-state index in [0.29, 0.717) is 18.5 Å². The number of imidazole rings is 1. The van der Waals surface area contributed by atoms with Crippen molar-refractivity contribution in [2.24, 2.45) is 0 Å². The van der Waals surface area contributed by atoms with Gasteiger partial charge in [0.05, 0.1) is 17.6 Å². The van der Waals surface area contributed by atoms with Crippen LogP contribution in [0.4, 0.5) is 0 Å². The van der Waals surface area contributed by atoms with Crippen LogP contribution in [0.1, 0.15) is 46.8 Å². The van der Waals surface area contributed by atoms with Gasteiger partial charge in [0.15, 0.2) is 5.16 Å². The van der Waals surface area contributed by atoms with Gasteiger partial charge in [-0.1, -0.05) is 71.4 Å². The Kier molecular flexibility index (Phi) is 8.50. The fourth-order valence-corrected chi connectivity index (χ4v) is 6.85. The van der Waals surface area contributed by atoms with Crippen molar-refractivity contribution >= 4 is 28.7 Å². The number of para-hydroxylation sites is 2. The number of thioether (sulfide) groups is 1. The van der Waals surface area contributed by atoms with Gasteiger partial charge in [-0.3, -0.25) is 4.79 Å². The molecule has 5 rings (SSSR count). The first-order valence-electron chi connectivity index (χ1n) is 13.6. The largest absolute Gasteiger partial charge is 0.380 e. The molecule has 4 aromatic rings. The fourth-order valence-electron chi connectivity index (χ4n) is 5.54. The first-order valence-corrected chi connectivity index (χ1v) is 14.5. The molecular formula is C32H37N3O2S. The Balaban J connectivity index is 1.39. The predicted octanol–water partition coefficient (Wildman–Crippen LogP) is 6.70. The number of aryl methyl sites for hydroxylation is 2. The van der Waals surface area contributed by atoms with Crippen LogP contribution in [0.5, 0.6) is 0 Å². The van der Waals surface area contributed by atoms with Crippen LogP contribution in [-0.2, 0) is 17.7 Å². The van der Waals surface area contributed by atoms with Crippen LogP contribution in [-0.4, -0.2) is 51.4 Å². The van der Waals surface area contributed by atoms with Gasteiger partial charge in [0.1, 0.15) is 0 Å². The van der Waals surface area contributed by atoms with Crippen molar-refractivity contribution in [3.05, 3.63) is 95.1 Å². The maximum Gasteiger partial charge on any atom is 0.254 e. The van der Waals surface area contributed by atoms with E-state index in [4.69, 9.17) is 9.72 Å². The van der Waals surface area contributed by atoms with E-state index in [-0.39, 0.29) is 11.9 Å². The Bertz CT molecular complexity index is 1360. The number of piperidine rings is 1. The summed E-state index contributed by atoms with van der Waals surface area (Å²) in [5, 5.41) is 1.43. The van der Waals surface area contributed by atoms with E-state index < -0.39 is 0 Å². The van der Waals surface area contributed by atoms with Crippen LogP contribution in [0.25, 0.3) is 11.0 Å². The predicted molar refractivity (Wildman–Crippen MR) is 156 cm³/mol. The smallest absolute Gasteiger partial charge is 0.254 e. The lowest BCUT2D eigenvalue weighted by molar-refractivity contribution is 0.0619. The van der Waals surface area contributed by atoms with Crippen LogP contribution in [0.3, 0.4) is 0 Å². The maximum absolute atomic E-state index is 13.8. The van der Waals surface area contributed by atoms with Crippen molar-refractivity contribution in [3.63, 3.8) is 0 Å². The molecule has 0 bridgehead atoms. The van der Waals surface area contributed by atoms with Gasteiger partial charge in [0.25, 0.3) is 5.91 Å². The summed E-state index contributed by atoms with van der Waals surface area (Å²) < 4.78 is 7.98. The second-order valence-electron chi connectivity index (χ2n) is 10.2. The molecule has 1 amide bonds. The number of hydrogen-bond donors (Lipinski definition) is 0. The third-order valence-corrected chi connectivity index (χ3v) is 8.55. The van der Waals surface area contributed by atoms with E-state index >= 15 is 0 Å². The van der Waals surface area contributed by atoms with E-state index in [2.05, 4.69) is 71.8 Å². The van der Waals surface area contributed by atoms with Crippen LogP contribution < -0.4 is 0 Å². The number of ether oxygens (including phenoxy) is 1. The molecule has 1 aromatic heterocycles. The molecule has 3 aromatic carbocycles. The van der Waals surface area contributed by atoms with Gasteiger partial charge in [-0.15, -0.1) is 0 Å². The van der Waals surface area contributed by atoms with Crippen LogP contribution in [0.2, 0.25) is 0 Å². The third kappa shape index (κ3) is 6.13. The Morgan fingerprint density at radius 2 is 1.76 bits per heavy atom. The molecule has 0 N–H and O–H groups in total. The molecule has 198 valence electrons.